The second kappa shape index (κ2) is 1.88. The number of carbonyl (C=O) groups excluding carboxylic acids is 1. The highest BCUT2D eigenvalue weighted by atomic mass is 16.1. The minimum atomic E-state index is 0.0232. The first-order valence-electron chi connectivity index (χ1n) is 4.59. The molecule has 0 heterocycles. The molecule has 2 fully saturated rings. The maximum Gasteiger partial charge on any atom is 0.142 e. The van der Waals surface area contributed by atoms with Crippen LogP contribution in [0.4, 0.5) is 0 Å². The molecule has 2 aliphatic rings. The lowest BCUT2D eigenvalue weighted by atomic mass is 9.54. The summed E-state index contributed by atoms with van der Waals surface area (Å²) in [5, 5.41) is 0. The van der Waals surface area contributed by atoms with Crippen molar-refractivity contribution in [3.05, 3.63) is 0 Å². The van der Waals surface area contributed by atoms with Crippen LogP contribution in [0.25, 0.3) is 0 Å². The Balaban J connectivity index is 2.24. The summed E-state index contributed by atoms with van der Waals surface area (Å²) in [6.45, 7) is 6.43. The molecule has 0 spiro atoms. The summed E-state index contributed by atoms with van der Waals surface area (Å²) in [7, 11) is 0. The third kappa shape index (κ3) is 0.692. The second-order valence-corrected chi connectivity index (χ2v) is 4.77. The summed E-state index contributed by atoms with van der Waals surface area (Å²) in [4.78, 5) is 11.6. The monoisotopic (exact) mass is 152 g/mol. The average molecular weight is 152 g/mol. The Morgan fingerprint density at radius 2 is 2.00 bits per heavy atom. The van der Waals surface area contributed by atoms with Crippen molar-refractivity contribution in [3.63, 3.8) is 0 Å². The fraction of sp³-hybridized carbons (Fsp3) is 0.900. The molecule has 1 heteroatoms. The fourth-order valence-corrected chi connectivity index (χ4v) is 2.97. The lowest BCUT2D eigenvalue weighted by Crippen LogP contribution is -2.53. The molecule has 1 nitrogen and oxygen atoms in total. The standard InChI is InChI=1S/C10H16O/c1-6-4-5-7-8(6)9(11)10(7,2)3/h6-8H,4-5H2,1-3H3/t6-,7+,8-/m0/s1. The molecule has 2 aliphatic carbocycles. The molecule has 0 bridgehead atoms. The Hall–Kier alpha value is -0.330. The predicted molar refractivity (Wildman–Crippen MR) is 44.2 cm³/mol. The minimum absolute atomic E-state index is 0.0232. The van der Waals surface area contributed by atoms with E-state index in [4.69, 9.17) is 0 Å². The number of Topliss-reactive ketones (excluding diaryl/α,β-unsaturated/α-hetero) is 1. The van der Waals surface area contributed by atoms with E-state index in [0.717, 1.165) is 0 Å². The molecular formula is C10H16O. The molecule has 0 unspecified atom stereocenters. The molecule has 0 saturated heterocycles. The van der Waals surface area contributed by atoms with Crippen LogP contribution in [0.15, 0.2) is 0 Å². The first-order valence-corrected chi connectivity index (χ1v) is 4.59. The molecule has 3 atom stereocenters. The molecule has 62 valence electrons. The van der Waals surface area contributed by atoms with Gasteiger partial charge >= 0.3 is 0 Å². The van der Waals surface area contributed by atoms with Gasteiger partial charge in [0.15, 0.2) is 0 Å². The SMILES string of the molecule is C[C@H]1CC[C@@H]2[C@H]1C(=O)C2(C)C. The molecule has 0 amide bonds. The van der Waals surface area contributed by atoms with Gasteiger partial charge in [0, 0.05) is 11.3 Å². The van der Waals surface area contributed by atoms with Crippen LogP contribution in [-0.4, -0.2) is 5.78 Å². The van der Waals surface area contributed by atoms with Crippen molar-refractivity contribution >= 4 is 5.78 Å². The molecule has 11 heavy (non-hydrogen) atoms. The number of hydrogen-bond donors (Lipinski definition) is 0. The van der Waals surface area contributed by atoms with Gasteiger partial charge in [0.2, 0.25) is 0 Å². The zero-order chi connectivity index (χ0) is 8.22. The first-order chi connectivity index (χ1) is 5.05. The largest absolute Gasteiger partial charge is 0.299 e. The maximum atomic E-state index is 11.6. The van der Waals surface area contributed by atoms with E-state index in [1.807, 2.05) is 0 Å². The van der Waals surface area contributed by atoms with Gasteiger partial charge in [-0.3, -0.25) is 4.79 Å². The van der Waals surface area contributed by atoms with Gasteiger partial charge in [-0.05, 0) is 24.7 Å². The molecular weight excluding hydrogens is 136 g/mol. The van der Waals surface area contributed by atoms with E-state index in [2.05, 4.69) is 20.8 Å². The number of carbonyl (C=O) groups is 1. The molecule has 2 saturated carbocycles. The van der Waals surface area contributed by atoms with E-state index >= 15 is 0 Å². The van der Waals surface area contributed by atoms with E-state index < -0.39 is 0 Å². The lowest BCUT2D eigenvalue weighted by molar-refractivity contribution is -0.152. The van der Waals surface area contributed by atoms with Crippen LogP contribution in [-0.2, 0) is 4.79 Å². The van der Waals surface area contributed by atoms with Gasteiger partial charge in [0.1, 0.15) is 5.78 Å². The number of ketones is 1. The summed E-state index contributed by atoms with van der Waals surface area (Å²) >= 11 is 0. The van der Waals surface area contributed by atoms with Crippen LogP contribution in [0.2, 0.25) is 0 Å². The predicted octanol–water partition coefficient (Wildman–Crippen LogP) is 2.26. The molecule has 2 rings (SSSR count). The summed E-state index contributed by atoms with van der Waals surface area (Å²) in [5.74, 6) is 2.34. The summed E-state index contributed by atoms with van der Waals surface area (Å²) < 4.78 is 0. The average Bonchev–Trinajstić information content (AvgIpc) is 2.29. The Morgan fingerprint density at radius 1 is 1.36 bits per heavy atom. The van der Waals surface area contributed by atoms with Crippen molar-refractivity contribution in [3.8, 4) is 0 Å². The summed E-state index contributed by atoms with van der Waals surface area (Å²) in [5.41, 5.74) is 0.0232. The number of fused-ring (bicyclic) bond motifs is 1. The smallest absolute Gasteiger partial charge is 0.142 e. The van der Waals surface area contributed by atoms with Gasteiger partial charge < -0.3 is 0 Å². The van der Waals surface area contributed by atoms with Gasteiger partial charge in [-0.1, -0.05) is 20.8 Å². The normalized spacial score (nSPS) is 46.8. The molecule has 0 aromatic rings. The Labute approximate surface area is 68.2 Å². The lowest BCUT2D eigenvalue weighted by Gasteiger charge is -2.47. The summed E-state index contributed by atoms with van der Waals surface area (Å²) in [6, 6.07) is 0. The van der Waals surface area contributed by atoms with Gasteiger partial charge in [-0.25, -0.2) is 0 Å². The van der Waals surface area contributed by atoms with Crippen molar-refractivity contribution in [1.29, 1.82) is 0 Å². The molecule has 0 aromatic heterocycles. The van der Waals surface area contributed by atoms with Crippen LogP contribution < -0.4 is 0 Å². The zero-order valence-electron chi connectivity index (χ0n) is 7.55. The van der Waals surface area contributed by atoms with Crippen LogP contribution in [0.1, 0.15) is 33.6 Å². The summed E-state index contributed by atoms with van der Waals surface area (Å²) in [6.07, 6.45) is 2.55. The second-order valence-electron chi connectivity index (χ2n) is 4.77. The van der Waals surface area contributed by atoms with Crippen molar-refractivity contribution in [2.24, 2.45) is 23.2 Å². The Bertz CT molecular complexity index is 205. The van der Waals surface area contributed by atoms with Crippen LogP contribution in [0.5, 0.6) is 0 Å². The van der Waals surface area contributed by atoms with Crippen molar-refractivity contribution < 1.29 is 4.79 Å². The van der Waals surface area contributed by atoms with Gasteiger partial charge in [0.25, 0.3) is 0 Å². The molecule has 0 N–H and O–H groups in total. The van der Waals surface area contributed by atoms with E-state index in [-0.39, 0.29) is 5.41 Å². The Morgan fingerprint density at radius 3 is 2.55 bits per heavy atom. The first kappa shape index (κ1) is 7.33. The van der Waals surface area contributed by atoms with Crippen LogP contribution >= 0.6 is 0 Å². The quantitative estimate of drug-likeness (QED) is 0.520. The van der Waals surface area contributed by atoms with Gasteiger partial charge in [0.05, 0.1) is 0 Å². The van der Waals surface area contributed by atoms with Gasteiger partial charge in [-0.15, -0.1) is 0 Å². The van der Waals surface area contributed by atoms with E-state index in [1.54, 1.807) is 0 Å². The van der Waals surface area contributed by atoms with E-state index in [1.165, 1.54) is 12.8 Å². The van der Waals surface area contributed by atoms with E-state index in [0.29, 0.717) is 23.5 Å². The van der Waals surface area contributed by atoms with Crippen LogP contribution in [0.3, 0.4) is 0 Å². The van der Waals surface area contributed by atoms with Crippen molar-refractivity contribution in [2.75, 3.05) is 0 Å². The van der Waals surface area contributed by atoms with E-state index in [9.17, 15) is 4.79 Å². The molecule has 0 aliphatic heterocycles. The third-order valence-corrected chi connectivity index (χ3v) is 3.84. The highest BCUT2D eigenvalue weighted by molar-refractivity contribution is 5.93. The van der Waals surface area contributed by atoms with Crippen molar-refractivity contribution in [2.45, 2.75) is 33.6 Å². The minimum Gasteiger partial charge on any atom is -0.299 e. The zero-order valence-corrected chi connectivity index (χ0v) is 7.55. The topological polar surface area (TPSA) is 17.1 Å². The molecule has 0 radical (unpaired) electrons. The third-order valence-electron chi connectivity index (χ3n) is 3.84. The Kier molecular flexibility index (Phi) is 1.25. The maximum absolute atomic E-state index is 11.6. The number of hydrogen-bond acceptors (Lipinski definition) is 1. The van der Waals surface area contributed by atoms with Crippen LogP contribution in [0, 0.1) is 23.2 Å². The fourth-order valence-electron chi connectivity index (χ4n) is 2.97. The highest BCUT2D eigenvalue weighted by Gasteiger charge is 2.59. The van der Waals surface area contributed by atoms with Gasteiger partial charge in [-0.2, -0.15) is 0 Å². The molecule has 0 aromatic carbocycles. The van der Waals surface area contributed by atoms with Crippen molar-refractivity contribution in [1.82, 2.24) is 0 Å². The highest BCUT2D eigenvalue weighted by Crippen LogP contribution is 2.57. The number of rotatable bonds is 0.